The molecule has 0 amide bonds. The molecule has 2 heteroatoms. The van der Waals surface area contributed by atoms with Crippen LogP contribution in [0.15, 0.2) is 16.9 Å². The number of rotatable bonds is 3. The van der Waals surface area contributed by atoms with Gasteiger partial charge in [0, 0.05) is 17.8 Å². The molecule has 0 aliphatic carbocycles. The highest BCUT2D eigenvalue weighted by molar-refractivity contribution is 5.61. The largest absolute Gasteiger partial charge is 0.403 e. The van der Waals surface area contributed by atoms with E-state index in [9.17, 15) is 0 Å². The zero-order valence-corrected chi connectivity index (χ0v) is 9.46. The summed E-state index contributed by atoms with van der Waals surface area (Å²) >= 11 is 0. The SMILES string of the molecule is CCC(C)C=N/C(=C\N)C(C)(C)C. The number of hydrogen-bond acceptors (Lipinski definition) is 2. The Morgan fingerprint density at radius 2 is 2.00 bits per heavy atom. The molecule has 0 heterocycles. The fourth-order valence-corrected chi connectivity index (χ4v) is 0.800. The van der Waals surface area contributed by atoms with Crippen molar-refractivity contribution in [1.29, 1.82) is 0 Å². The lowest BCUT2D eigenvalue weighted by atomic mass is 9.93. The minimum absolute atomic E-state index is 0.0404. The summed E-state index contributed by atoms with van der Waals surface area (Å²) in [5.74, 6) is 0.525. The molecule has 0 bridgehead atoms. The van der Waals surface area contributed by atoms with Crippen molar-refractivity contribution in [1.82, 2.24) is 0 Å². The smallest absolute Gasteiger partial charge is 0.0607 e. The Morgan fingerprint density at radius 3 is 2.31 bits per heavy atom. The summed E-state index contributed by atoms with van der Waals surface area (Å²) in [6.07, 6.45) is 4.69. The molecule has 0 aromatic heterocycles. The van der Waals surface area contributed by atoms with Crippen molar-refractivity contribution in [2.45, 2.75) is 41.0 Å². The quantitative estimate of drug-likeness (QED) is 0.669. The predicted octanol–water partition coefficient (Wildman–Crippen LogP) is 2.95. The lowest BCUT2D eigenvalue weighted by molar-refractivity contribution is 0.496. The first kappa shape index (κ1) is 12.2. The Labute approximate surface area is 81.9 Å². The van der Waals surface area contributed by atoms with Crippen molar-refractivity contribution in [3.8, 4) is 0 Å². The minimum atomic E-state index is 0.0404. The van der Waals surface area contributed by atoms with E-state index in [4.69, 9.17) is 5.73 Å². The van der Waals surface area contributed by atoms with Gasteiger partial charge in [-0.15, -0.1) is 0 Å². The van der Waals surface area contributed by atoms with Gasteiger partial charge < -0.3 is 5.73 Å². The summed E-state index contributed by atoms with van der Waals surface area (Å²) in [4.78, 5) is 4.40. The van der Waals surface area contributed by atoms with Crippen molar-refractivity contribution in [2.75, 3.05) is 0 Å². The van der Waals surface area contributed by atoms with Crippen LogP contribution in [0.4, 0.5) is 0 Å². The van der Waals surface area contributed by atoms with E-state index in [-0.39, 0.29) is 5.41 Å². The Balaban J connectivity index is 4.41. The first-order valence-corrected chi connectivity index (χ1v) is 4.88. The molecule has 13 heavy (non-hydrogen) atoms. The molecule has 0 fully saturated rings. The average Bonchev–Trinajstić information content (AvgIpc) is 2.02. The van der Waals surface area contributed by atoms with Gasteiger partial charge in [-0.2, -0.15) is 0 Å². The molecule has 0 spiro atoms. The molecule has 0 aromatic rings. The molecule has 0 saturated carbocycles. The van der Waals surface area contributed by atoms with E-state index in [0.717, 1.165) is 12.1 Å². The third kappa shape index (κ3) is 4.71. The highest BCUT2D eigenvalue weighted by Gasteiger charge is 2.15. The van der Waals surface area contributed by atoms with E-state index in [2.05, 4.69) is 39.6 Å². The molecule has 1 unspecified atom stereocenters. The normalized spacial score (nSPS) is 16.5. The van der Waals surface area contributed by atoms with E-state index in [1.807, 2.05) is 6.21 Å². The van der Waals surface area contributed by atoms with Crippen molar-refractivity contribution in [3.05, 3.63) is 11.9 Å². The van der Waals surface area contributed by atoms with Crippen LogP contribution in [0.2, 0.25) is 0 Å². The van der Waals surface area contributed by atoms with E-state index in [1.54, 1.807) is 6.20 Å². The Bertz CT molecular complexity index is 197. The van der Waals surface area contributed by atoms with Crippen LogP contribution in [0.3, 0.4) is 0 Å². The second kappa shape index (κ2) is 5.05. The first-order valence-electron chi connectivity index (χ1n) is 4.88. The number of aliphatic imine (C=N–C) groups is 1. The second-order valence-corrected chi connectivity index (χ2v) is 4.47. The topological polar surface area (TPSA) is 38.4 Å². The standard InChI is InChI=1S/C11H22N2/c1-6-9(2)8-13-10(7-12)11(3,4)5/h7-9H,6,12H2,1-5H3/b10-7-,13-8?. The van der Waals surface area contributed by atoms with E-state index < -0.39 is 0 Å². The monoisotopic (exact) mass is 182 g/mol. The number of hydrogen-bond donors (Lipinski definition) is 1. The van der Waals surface area contributed by atoms with Gasteiger partial charge in [0.15, 0.2) is 0 Å². The number of nitrogens with two attached hydrogens (primary N) is 1. The van der Waals surface area contributed by atoms with E-state index in [0.29, 0.717) is 5.92 Å². The maximum absolute atomic E-state index is 5.51. The number of allylic oxidation sites excluding steroid dienone is 1. The summed E-state index contributed by atoms with van der Waals surface area (Å²) in [6, 6.07) is 0. The third-order valence-corrected chi connectivity index (χ3v) is 2.04. The summed E-state index contributed by atoms with van der Waals surface area (Å²) in [7, 11) is 0. The van der Waals surface area contributed by atoms with Crippen molar-refractivity contribution in [2.24, 2.45) is 22.1 Å². The van der Waals surface area contributed by atoms with Gasteiger partial charge in [0.2, 0.25) is 0 Å². The molecular formula is C11H22N2. The Morgan fingerprint density at radius 1 is 1.46 bits per heavy atom. The van der Waals surface area contributed by atoms with Crippen LogP contribution >= 0.6 is 0 Å². The van der Waals surface area contributed by atoms with Crippen molar-refractivity contribution < 1.29 is 0 Å². The fourth-order valence-electron chi connectivity index (χ4n) is 0.800. The molecule has 0 aromatic carbocycles. The van der Waals surface area contributed by atoms with Gasteiger partial charge in [-0.25, -0.2) is 0 Å². The first-order chi connectivity index (χ1) is 5.91. The lowest BCUT2D eigenvalue weighted by Gasteiger charge is -2.18. The molecule has 0 rings (SSSR count). The van der Waals surface area contributed by atoms with E-state index >= 15 is 0 Å². The van der Waals surface area contributed by atoms with E-state index in [1.165, 1.54) is 0 Å². The molecule has 0 saturated heterocycles. The van der Waals surface area contributed by atoms with Gasteiger partial charge in [-0.05, 0) is 12.3 Å². The highest BCUT2D eigenvalue weighted by Crippen LogP contribution is 2.25. The van der Waals surface area contributed by atoms with Crippen LogP contribution in [0.5, 0.6) is 0 Å². The third-order valence-electron chi connectivity index (χ3n) is 2.04. The maximum Gasteiger partial charge on any atom is 0.0607 e. The van der Waals surface area contributed by atoms with Crippen LogP contribution < -0.4 is 5.73 Å². The van der Waals surface area contributed by atoms with Gasteiger partial charge >= 0.3 is 0 Å². The molecular weight excluding hydrogens is 160 g/mol. The molecule has 1 atom stereocenters. The fraction of sp³-hybridized carbons (Fsp3) is 0.727. The molecule has 0 aliphatic heterocycles. The summed E-state index contributed by atoms with van der Waals surface area (Å²) < 4.78 is 0. The zero-order valence-electron chi connectivity index (χ0n) is 9.46. The zero-order chi connectivity index (χ0) is 10.5. The molecule has 2 N–H and O–H groups in total. The van der Waals surface area contributed by atoms with Gasteiger partial charge in [-0.3, -0.25) is 4.99 Å². The van der Waals surface area contributed by atoms with Crippen molar-refractivity contribution >= 4 is 6.21 Å². The minimum Gasteiger partial charge on any atom is -0.403 e. The molecule has 76 valence electrons. The maximum atomic E-state index is 5.51. The predicted molar refractivity (Wildman–Crippen MR) is 59.7 cm³/mol. The lowest BCUT2D eigenvalue weighted by Crippen LogP contribution is -2.10. The Kier molecular flexibility index (Phi) is 4.74. The second-order valence-electron chi connectivity index (χ2n) is 4.47. The summed E-state index contributed by atoms with van der Waals surface area (Å²) in [5, 5.41) is 0. The van der Waals surface area contributed by atoms with Gasteiger partial charge in [0.05, 0.1) is 5.70 Å². The highest BCUT2D eigenvalue weighted by atomic mass is 14.8. The van der Waals surface area contributed by atoms with Crippen LogP contribution in [0, 0.1) is 11.3 Å². The van der Waals surface area contributed by atoms with Gasteiger partial charge in [0.1, 0.15) is 0 Å². The van der Waals surface area contributed by atoms with Crippen LogP contribution in [-0.2, 0) is 0 Å². The average molecular weight is 182 g/mol. The van der Waals surface area contributed by atoms with Gasteiger partial charge in [-0.1, -0.05) is 34.6 Å². The summed E-state index contributed by atoms with van der Waals surface area (Å²) in [5.41, 5.74) is 6.50. The van der Waals surface area contributed by atoms with Crippen LogP contribution in [0.1, 0.15) is 41.0 Å². The Hall–Kier alpha value is -0.790. The molecule has 0 radical (unpaired) electrons. The number of nitrogens with zero attached hydrogens (tertiary/aromatic N) is 1. The molecule has 2 nitrogen and oxygen atoms in total. The van der Waals surface area contributed by atoms with Crippen LogP contribution in [-0.4, -0.2) is 6.21 Å². The summed E-state index contributed by atoms with van der Waals surface area (Å²) in [6.45, 7) is 10.6. The molecule has 0 aliphatic rings. The van der Waals surface area contributed by atoms with Crippen LogP contribution in [0.25, 0.3) is 0 Å². The van der Waals surface area contributed by atoms with Gasteiger partial charge in [0.25, 0.3) is 0 Å². The van der Waals surface area contributed by atoms with Crippen molar-refractivity contribution in [3.63, 3.8) is 0 Å².